The number of rotatable bonds is 7. The number of likely N-dealkylation sites (tertiary alicyclic amines) is 1. The molecular formula is C21H31N3O5S. The van der Waals surface area contributed by atoms with Crippen molar-refractivity contribution in [3.05, 3.63) is 36.2 Å². The molecule has 0 unspecified atom stereocenters. The first-order chi connectivity index (χ1) is 14.2. The number of nitrogens with zero attached hydrogens (tertiary/aromatic N) is 2. The molecule has 0 aromatic carbocycles. The van der Waals surface area contributed by atoms with Crippen LogP contribution in [0.3, 0.4) is 0 Å². The minimum atomic E-state index is -3.53. The second-order valence-corrected chi connectivity index (χ2v) is 10.3. The number of nitrogens with one attached hydrogen (secondary N) is 1. The van der Waals surface area contributed by atoms with Gasteiger partial charge >= 0.3 is 6.09 Å². The molecule has 1 N–H and O–H groups in total. The summed E-state index contributed by atoms with van der Waals surface area (Å²) in [6, 6.07) is 4.86. The molecule has 3 heterocycles. The van der Waals surface area contributed by atoms with Crippen LogP contribution >= 0.6 is 0 Å². The number of carbonyl (C=O) groups excluding carboxylic acids is 1. The van der Waals surface area contributed by atoms with E-state index in [-0.39, 0.29) is 19.3 Å². The Morgan fingerprint density at radius 3 is 2.73 bits per heavy atom. The molecule has 8 nitrogen and oxygen atoms in total. The zero-order valence-corrected chi connectivity index (χ0v) is 18.7. The molecular weight excluding hydrogens is 406 g/mol. The van der Waals surface area contributed by atoms with Gasteiger partial charge in [-0.25, -0.2) is 17.9 Å². The van der Waals surface area contributed by atoms with Gasteiger partial charge in [0.05, 0.1) is 31.1 Å². The summed E-state index contributed by atoms with van der Waals surface area (Å²) in [6.45, 7) is 10.3. The van der Waals surface area contributed by atoms with Gasteiger partial charge < -0.3 is 14.4 Å². The van der Waals surface area contributed by atoms with E-state index in [0.29, 0.717) is 25.8 Å². The monoisotopic (exact) mass is 437 g/mol. The van der Waals surface area contributed by atoms with Crippen LogP contribution in [0.4, 0.5) is 4.79 Å². The van der Waals surface area contributed by atoms with Crippen molar-refractivity contribution in [2.45, 2.75) is 63.5 Å². The Morgan fingerprint density at radius 1 is 1.40 bits per heavy atom. The smallest absolute Gasteiger partial charge is 0.410 e. The number of allylic oxidation sites excluding steroid dienone is 1. The maximum absolute atomic E-state index is 12.8. The Morgan fingerprint density at radius 2 is 2.13 bits per heavy atom. The van der Waals surface area contributed by atoms with E-state index in [0.717, 1.165) is 17.0 Å². The number of sulfonamides is 1. The lowest BCUT2D eigenvalue weighted by Gasteiger charge is -2.41. The molecule has 166 valence electrons. The fourth-order valence-electron chi connectivity index (χ4n) is 3.69. The first-order valence-electron chi connectivity index (χ1n) is 10.4. The first kappa shape index (κ1) is 22.7. The van der Waals surface area contributed by atoms with Crippen LogP contribution in [0.1, 0.15) is 45.0 Å². The van der Waals surface area contributed by atoms with Gasteiger partial charge in [0.2, 0.25) is 10.0 Å². The van der Waals surface area contributed by atoms with Crippen LogP contribution in [0.2, 0.25) is 0 Å². The number of ether oxygens (including phenoxy) is 2. The minimum Gasteiger partial charge on any atom is -0.447 e. The average molecular weight is 438 g/mol. The highest BCUT2D eigenvalue weighted by Crippen LogP contribution is 2.25. The second kappa shape index (κ2) is 9.45. The van der Waals surface area contributed by atoms with Crippen molar-refractivity contribution in [2.75, 3.05) is 19.8 Å². The number of hydrogen-bond acceptors (Lipinski definition) is 6. The van der Waals surface area contributed by atoms with Gasteiger partial charge in [0.1, 0.15) is 5.25 Å². The maximum atomic E-state index is 12.8. The first-order valence-corrected chi connectivity index (χ1v) is 11.9. The zero-order valence-electron chi connectivity index (χ0n) is 17.8. The van der Waals surface area contributed by atoms with E-state index in [1.54, 1.807) is 18.7 Å². The van der Waals surface area contributed by atoms with Crippen molar-refractivity contribution in [1.29, 1.82) is 0 Å². The molecule has 3 rings (SSSR count). The van der Waals surface area contributed by atoms with Gasteiger partial charge in [-0.3, -0.25) is 4.98 Å². The molecule has 1 aromatic rings. The highest BCUT2D eigenvalue weighted by atomic mass is 32.2. The number of aromatic nitrogens is 1. The van der Waals surface area contributed by atoms with Crippen molar-refractivity contribution in [3.63, 3.8) is 0 Å². The minimum absolute atomic E-state index is 0.202. The Hall–Kier alpha value is -1.97. The van der Waals surface area contributed by atoms with Crippen LogP contribution < -0.4 is 4.72 Å². The molecule has 2 aliphatic heterocycles. The van der Waals surface area contributed by atoms with E-state index < -0.39 is 33.5 Å². The van der Waals surface area contributed by atoms with Gasteiger partial charge in [-0.2, -0.15) is 0 Å². The fourth-order valence-corrected chi connectivity index (χ4v) is 5.13. The predicted molar refractivity (Wildman–Crippen MR) is 114 cm³/mol. The van der Waals surface area contributed by atoms with E-state index in [9.17, 15) is 13.2 Å². The molecule has 2 fully saturated rings. The summed E-state index contributed by atoms with van der Waals surface area (Å²) in [7, 11) is -3.53. The molecule has 2 atom stereocenters. The Balaban J connectivity index is 1.86. The zero-order chi connectivity index (χ0) is 21.9. The van der Waals surface area contributed by atoms with Gasteiger partial charge in [0.15, 0.2) is 0 Å². The normalized spacial score (nSPS) is 22.6. The summed E-state index contributed by atoms with van der Waals surface area (Å²) >= 11 is 0. The lowest BCUT2D eigenvalue weighted by molar-refractivity contribution is 0.0379. The van der Waals surface area contributed by atoms with E-state index in [2.05, 4.69) is 16.3 Å². The number of carbonyl (C=O) groups is 1. The molecule has 1 aromatic heterocycles. The van der Waals surface area contributed by atoms with Crippen LogP contribution in [0.15, 0.2) is 24.8 Å². The Labute approximate surface area is 178 Å². The van der Waals surface area contributed by atoms with Crippen LogP contribution in [-0.2, 0) is 25.9 Å². The van der Waals surface area contributed by atoms with Crippen molar-refractivity contribution in [1.82, 2.24) is 14.6 Å². The molecule has 2 aliphatic rings. The van der Waals surface area contributed by atoms with Crippen molar-refractivity contribution in [3.8, 4) is 0 Å². The van der Waals surface area contributed by atoms with E-state index in [4.69, 9.17) is 9.47 Å². The lowest BCUT2D eigenvalue weighted by atomic mass is 9.93. The van der Waals surface area contributed by atoms with Crippen molar-refractivity contribution in [2.24, 2.45) is 0 Å². The summed E-state index contributed by atoms with van der Waals surface area (Å²) < 4.78 is 38.8. The highest BCUT2D eigenvalue weighted by molar-refractivity contribution is 7.90. The van der Waals surface area contributed by atoms with Crippen LogP contribution in [-0.4, -0.2) is 67.6 Å². The van der Waals surface area contributed by atoms with E-state index in [1.807, 2.05) is 25.1 Å². The topological polar surface area (TPSA) is 97.8 Å². The number of amides is 1. The SMILES string of the molecule is C=C(C)c1cccc(C[C@@H]2[C@H](NS(=O)(=O)C3COC3)CCCN2C(=O)OC(C)C)n1. The van der Waals surface area contributed by atoms with Crippen LogP contribution in [0.25, 0.3) is 5.57 Å². The molecule has 2 saturated heterocycles. The summed E-state index contributed by atoms with van der Waals surface area (Å²) in [5.74, 6) is 0. The van der Waals surface area contributed by atoms with Crippen molar-refractivity contribution >= 4 is 21.7 Å². The van der Waals surface area contributed by atoms with Crippen LogP contribution in [0, 0.1) is 0 Å². The number of piperidine rings is 1. The predicted octanol–water partition coefficient (Wildman–Crippen LogP) is 2.35. The molecule has 0 spiro atoms. The van der Waals surface area contributed by atoms with Gasteiger partial charge in [0, 0.05) is 24.7 Å². The third-order valence-electron chi connectivity index (χ3n) is 5.37. The lowest BCUT2D eigenvalue weighted by Crippen LogP contribution is -2.60. The summed E-state index contributed by atoms with van der Waals surface area (Å²) in [5, 5.41) is -0.541. The fraction of sp³-hybridized carbons (Fsp3) is 0.619. The summed E-state index contributed by atoms with van der Waals surface area (Å²) in [4.78, 5) is 19.0. The second-order valence-electron chi connectivity index (χ2n) is 8.26. The summed E-state index contributed by atoms with van der Waals surface area (Å²) in [5.41, 5.74) is 2.41. The Kier molecular flexibility index (Phi) is 7.15. The van der Waals surface area contributed by atoms with E-state index in [1.165, 1.54) is 0 Å². The molecule has 1 amide bonds. The molecule has 0 bridgehead atoms. The third-order valence-corrected chi connectivity index (χ3v) is 7.16. The number of hydrogen-bond donors (Lipinski definition) is 1. The average Bonchev–Trinajstić information content (AvgIpc) is 2.60. The van der Waals surface area contributed by atoms with Crippen molar-refractivity contribution < 1.29 is 22.7 Å². The molecule has 0 aliphatic carbocycles. The molecule has 9 heteroatoms. The van der Waals surface area contributed by atoms with Gasteiger partial charge in [-0.1, -0.05) is 12.6 Å². The summed E-state index contributed by atoms with van der Waals surface area (Å²) in [6.07, 6.45) is 1.07. The number of pyridine rings is 1. The van der Waals surface area contributed by atoms with Crippen LogP contribution in [0.5, 0.6) is 0 Å². The maximum Gasteiger partial charge on any atom is 0.410 e. The largest absolute Gasteiger partial charge is 0.447 e. The standard InChI is InChI=1S/C21H31N3O5S/c1-14(2)18-8-5-7-16(22-18)11-20-19(23-30(26,27)17-12-28-13-17)9-6-10-24(20)21(25)29-15(3)4/h5,7-8,15,17,19-20,23H,1,6,9-13H2,2-4H3/t19-,20-/m1/s1. The van der Waals surface area contributed by atoms with Gasteiger partial charge in [-0.15, -0.1) is 0 Å². The van der Waals surface area contributed by atoms with Gasteiger partial charge in [0.25, 0.3) is 0 Å². The molecule has 30 heavy (non-hydrogen) atoms. The Bertz CT molecular complexity index is 882. The van der Waals surface area contributed by atoms with Gasteiger partial charge in [-0.05, 0) is 51.3 Å². The quantitative estimate of drug-likeness (QED) is 0.703. The molecule has 0 radical (unpaired) electrons. The molecule has 0 saturated carbocycles. The third kappa shape index (κ3) is 5.39. The van der Waals surface area contributed by atoms with E-state index >= 15 is 0 Å². The highest BCUT2D eigenvalue weighted by Gasteiger charge is 2.41.